The highest BCUT2D eigenvalue weighted by Crippen LogP contribution is 2.19. The van der Waals surface area contributed by atoms with Gasteiger partial charge in [0.2, 0.25) is 5.91 Å². The molecule has 1 saturated heterocycles. The Bertz CT molecular complexity index is 517. The van der Waals surface area contributed by atoms with Crippen molar-refractivity contribution >= 4 is 11.8 Å². The number of rotatable bonds is 6. The quantitative estimate of drug-likeness (QED) is 0.820. The molecule has 1 heterocycles. The van der Waals surface area contributed by atoms with Crippen molar-refractivity contribution in [1.82, 2.24) is 10.2 Å². The first-order valence-corrected chi connectivity index (χ1v) is 8.75. The minimum Gasteiger partial charge on any atom is -0.356 e. The molecular weight excluding hydrogens is 288 g/mol. The van der Waals surface area contributed by atoms with Crippen molar-refractivity contribution in [2.24, 2.45) is 5.92 Å². The van der Waals surface area contributed by atoms with Crippen molar-refractivity contribution in [2.45, 2.75) is 46.0 Å². The monoisotopic (exact) mass is 316 g/mol. The maximum atomic E-state index is 12.5. The van der Waals surface area contributed by atoms with Crippen molar-refractivity contribution < 1.29 is 9.59 Å². The molecule has 1 aliphatic rings. The zero-order valence-corrected chi connectivity index (χ0v) is 14.3. The van der Waals surface area contributed by atoms with Crippen LogP contribution in [0.3, 0.4) is 0 Å². The Labute approximate surface area is 139 Å². The van der Waals surface area contributed by atoms with Crippen LogP contribution in [0, 0.1) is 12.8 Å². The van der Waals surface area contributed by atoms with E-state index in [9.17, 15) is 9.59 Å². The maximum Gasteiger partial charge on any atom is 0.253 e. The van der Waals surface area contributed by atoms with Gasteiger partial charge in [-0.1, -0.05) is 37.5 Å². The number of carbonyl (C=O) groups is 2. The van der Waals surface area contributed by atoms with Gasteiger partial charge in [-0.15, -0.1) is 0 Å². The number of piperidine rings is 1. The van der Waals surface area contributed by atoms with Crippen LogP contribution in [0.25, 0.3) is 0 Å². The molecule has 2 amide bonds. The average molecular weight is 316 g/mol. The van der Waals surface area contributed by atoms with Crippen LogP contribution in [0.2, 0.25) is 0 Å². The summed E-state index contributed by atoms with van der Waals surface area (Å²) in [5.74, 6) is 0.286. The first-order chi connectivity index (χ1) is 11.1. The Kier molecular flexibility index (Phi) is 6.63. The third kappa shape index (κ3) is 5.08. The summed E-state index contributed by atoms with van der Waals surface area (Å²) in [5.41, 5.74) is 1.89. The first kappa shape index (κ1) is 17.5. The molecule has 1 fully saturated rings. The second-order valence-electron chi connectivity index (χ2n) is 6.43. The molecule has 1 aliphatic heterocycles. The van der Waals surface area contributed by atoms with E-state index in [1.54, 1.807) is 0 Å². The SMILES string of the molecule is CCCCCNC(=O)C1CCN(C(=O)c2ccc(C)cc2)CC1. The number of aryl methyl sites for hydroxylation is 1. The van der Waals surface area contributed by atoms with E-state index in [4.69, 9.17) is 0 Å². The highest BCUT2D eigenvalue weighted by Gasteiger charge is 2.27. The van der Waals surface area contributed by atoms with Gasteiger partial charge in [-0.2, -0.15) is 0 Å². The van der Waals surface area contributed by atoms with Gasteiger partial charge < -0.3 is 10.2 Å². The molecule has 0 spiro atoms. The smallest absolute Gasteiger partial charge is 0.253 e. The fourth-order valence-electron chi connectivity index (χ4n) is 2.95. The molecule has 1 aromatic carbocycles. The Morgan fingerprint density at radius 3 is 2.39 bits per heavy atom. The molecule has 0 atom stereocenters. The summed E-state index contributed by atoms with van der Waals surface area (Å²) in [4.78, 5) is 26.5. The number of unbranched alkanes of at least 4 members (excludes halogenated alkanes) is 2. The molecular formula is C19H28N2O2. The number of likely N-dealkylation sites (tertiary alicyclic amines) is 1. The highest BCUT2D eigenvalue weighted by atomic mass is 16.2. The molecule has 0 unspecified atom stereocenters. The van der Waals surface area contributed by atoms with E-state index in [1.165, 1.54) is 0 Å². The van der Waals surface area contributed by atoms with E-state index in [0.29, 0.717) is 13.1 Å². The number of nitrogens with zero attached hydrogens (tertiary/aromatic N) is 1. The van der Waals surface area contributed by atoms with Crippen molar-refractivity contribution in [3.8, 4) is 0 Å². The molecule has 126 valence electrons. The molecule has 0 aromatic heterocycles. The second kappa shape index (κ2) is 8.70. The third-order valence-corrected chi connectivity index (χ3v) is 4.53. The molecule has 4 heteroatoms. The van der Waals surface area contributed by atoms with E-state index in [1.807, 2.05) is 36.1 Å². The Balaban J connectivity index is 1.78. The molecule has 0 bridgehead atoms. The van der Waals surface area contributed by atoms with E-state index >= 15 is 0 Å². The zero-order chi connectivity index (χ0) is 16.7. The van der Waals surface area contributed by atoms with Crippen molar-refractivity contribution in [3.63, 3.8) is 0 Å². The largest absolute Gasteiger partial charge is 0.356 e. The molecule has 0 aliphatic carbocycles. The molecule has 1 N–H and O–H groups in total. The van der Waals surface area contributed by atoms with Crippen molar-refractivity contribution in [3.05, 3.63) is 35.4 Å². The number of benzene rings is 1. The highest BCUT2D eigenvalue weighted by molar-refractivity contribution is 5.94. The van der Waals surface area contributed by atoms with E-state index in [-0.39, 0.29) is 17.7 Å². The van der Waals surface area contributed by atoms with Gasteiger partial charge in [0.25, 0.3) is 5.91 Å². The minimum absolute atomic E-state index is 0.0543. The summed E-state index contributed by atoms with van der Waals surface area (Å²) >= 11 is 0. The lowest BCUT2D eigenvalue weighted by Crippen LogP contribution is -2.43. The van der Waals surface area contributed by atoms with Crippen LogP contribution in [0.5, 0.6) is 0 Å². The van der Waals surface area contributed by atoms with Crippen LogP contribution in [0.1, 0.15) is 54.9 Å². The topological polar surface area (TPSA) is 49.4 Å². The summed E-state index contributed by atoms with van der Waals surface area (Å²) < 4.78 is 0. The number of nitrogens with one attached hydrogen (secondary N) is 1. The summed E-state index contributed by atoms with van der Waals surface area (Å²) in [7, 11) is 0. The predicted molar refractivity (Wildman–Crippen MR) is 92.3 cm³/mol. The second-order valence-corrected chi connectivity index (χ2v) is 6.43. The van der Waals surface area contributed by atoms with Crippen LogP contribution in [0.4, 0.5) is 0 Å². The number of carbonyl (C=O) groups excluding carboxylic acids is 2. The molecule has 1 aromatic rings. The molecule has 23 heavy (non-hydrogen) atoms. The van der Waals surface area contributed by atoms with Gasteiger partial charge in [0.1, 0.15) is 0 Å². The normalized spacial score (nSPS) is 15.5. The van der Waals surface area contributed by atoms with E-state index in [2.05, 4.69) is 12.2 Å². The van der Waals surface area contributed by atoms with Gasteiger partial charge in [0, 0.05) is 31.1 Å². The number of amides is 2. The first-order valence-electron chi connectivity index (χ1n) is 8.75. The predicted octanol–water partition coefficient (Wildman–Crippen LogP) is 3.15. The summed E-state index contributed by atoms with van der Waals surface area (Å²) in [6, 6.07) is 7.68. The Morgan fingerprint density at radius 1 is 1.13 bits per heavy atom. The van der Waals surface area contributed by atoms with Gasteiger partial charge in [0.05, 0.1) is 0 Å². The Morgan fingerprint density at radius 2 is 1.78 bits per heavy atom. The van der Waals surface area contributed by atoms with Crippen molar-refractivity contribution in [1.29, 1.82) is 0 Å². The van der Waals surface area contributed by atoms with Crippen LogP contribution in [-0.4, -0.2) is 36.3 Å². The molecule has 4 nitrogen and oxygen atoms in total. The summed E-state index contributed by atoms with van der Waals surface area (Å²) in [6.07, 6.45) is 4.89. The summed E-state index contributed by atoms with van der Waals surface area (Å²) in [6.45, 7) is 6.27. The molecule has 2 rings (SSSR count). The molecule has 0 saturated carbocycles. The lowest BCUT2D eigenvalue weighted by molar-refractivity contribution is -0.126. The van der Waals surface area contributed by atoms with Gasteiger partial charge in [0.15, 0.2) is 0 Å². The van der Waals surface area contributed by atoms with Gasteiger partial charge in [-0.25, -0.2) is 0 Å². The van der Waals surface area contributed by atoms with E-state index in [0.717, 1.165) is 49.8 Å². The fraction of sp³-hybridized carbons (Fsp3) is 0.579. The third-order valence-electron chi connectivity index (χ3n) is 4.53. The van der Waals surface area contributed by atoms with Crippen molar-refractivity contribution in [2.75, 3.05) is 19.6 Å². The van der Waals surface area contributed by atoms with E-state index < -0.39 is 0 Å². The zero-order valence-electron chi connectivity index (χ0n) is 14.3. The van der Waals surface area contributed by atoms with Crippen LogP contribution in [-0.2, 0) is 4.79 Å². The fourth-order valence-corrected chi connectivity index (χ4v) is 2.95. The lowest BCUT2D eigenvalue weighted by Gasteiger charge is -2.31. The van der Waals surface area contributed by atoms with Crippen LogP contribution < -0.4 is 5.32 Å². The van der Waals surface area contributed by atoms with Gasteiger partial charge >= 0.3 is 0 Å². The van der Waals surface area contributed by atoms with Gasteiger partial charge in [-0.3, -0.25) is 9.59 Å². The summed E-state index contributed by atoms with van der Waals surface area (Å²) in [5, 5.41) is 3.03. The van der Waals surface area contributed by atoms with Crippen LogP contribution >= 0.6 is 0 Å². The van der Waals surface area contributed by atoms with Gasteiger partial charge in [-0.05, 0) is 38.3 Å². The average Bonchev–Trinajstić information content (AvgIpc) is 2.59. The molecule has 0 radical (unpaired) electrons. The minimum atomic E-state index is 0.0543. The standard InChI is InChI=1S/C19H28N2O2/c1-3-4-5-12-20-18(22)16-10-13-21(14-11-16)19(23)17-8-6-15(2)7-9-17/h6-9,16H,3-5,10-14H2,1-2H3,(H,20,22). The lowest BCUT2D eigenvalue weighted by atomic mass is 9.95. The maximum absolute atomic E-state index is 12.5. The van der Waals surface area contributed by atoms with Crippen LogP contribution in [0.15, 0.2) is 24.3 Å². The number of hydrogen-bond acceptors (Lipinski definition) is 2. The Hall–Kier alpha value is -1.84. The number of hydrogen-bond donors (Lipinski definition) is 1.